The third-order valence-corrected chi connectivity index (χ3v) is 3.45. The molecule has 1 aliphatic carbocycles. The van der Waals surface area contributed by atoms with Crippen LogP contribution in [0.2, 0.25) is 0 Å². The molecule has 0 spiro atoms. The van der Waals surface area contributed by atoms with E-state index in [9.17, 15) is 4.79 Å². The van der Waals surface area contributed by atoms with E-state index in [2.05, 4.69) is 15.3 Å². The summed E-state index contributed by atoms with van der Waals surface area (Å²) in [4.78, 5) is 20.8. The molecule has 1 N–H and O–H groups in total. The monoisotopic (exact) mass is 283 g/mol. The van der Waals surface area contributed by atoms with Crippen LogP contribution in [0.25, 0.3) is 0 Å². The summed E-state index contributed by atoms with van der Waals surface area (Å²) >= 11 is 0. The van der Waals surface area contributed by atoms with Gasteiger partial charge in [0.2, 0.25) is 0 Å². The van der Waals surface area contributed by atoms with Crippen LogP contribution < -0.4 is 5.32 Å². The molecule has 5 heteroatoms. The maximum atomic E-state index is 12.3. The average molecular weight is 283 g/mol. The van der Waals surface area contributed by atoms with Crippen LogP contribution >= 0.6 is 0 Å². The summed E-state index contributed by atoms with van der Waals surface area (Å²) in [5.41, 5.74) is 2.52. The fourth-order valence-electron chi connectivity index (χ4n) is 2.20. The van der Waals surface area contributed by atoms with Gasteiger partial charge in [-0.1, -0.05) is 12.1 Å². The summed E-state index contributed by atoms with van der Waals surface area (Å²) in [5, 5.41) is 2.86. The van der Waals surface area contributed by atoms with Gasteiger partial charge in [-0.15, -0.1) is 0 Å². The predicted octanol–water partition coefficient (Wildman–Crippen LogP) is 2.75. The number of aromatic nitrogens is 2. The third kappa shape index (κ3) is 3.25. The molecule has 0 unspecified atom stereocenters. The van der Waals surface area contributed by atoms with Crippen molar-refractivity contribution >= 4 is 11.7 Å². The van der Waals surface area contributed by atoms with Crippen molar-refractivity contribution in [2.75, 3.05) is 12.4 Å². The first-order valence-corrected chi connectivity index (χ1v) is 6.98. The number of amides is 1. The Kier molecular flexibility index (Phi) is 3.92. The van der Waals surface area contributed by atoms with Gasteiger partial charge in [-0.25, -0.2) is 4.98 Å². The van der Waals surface area contributed by atoms with Crippen molar-refractivity contribution in [2.24, 2.45) is 0 Å². The van der Waals surface area contributed by atoms with Gasteiger partial charge in [0.05, 0.1) is 12.3 Å². The zero-order valence-electron chi connectivity index (χ0n) is 11.9. The van der Waals surface area contributed by atoms with Crippen LogP contribution in [0, 0.1) is 0 Å². The fourth-order valence-corrected chi connectivity index (χ4v) is 2.20. The molecular weight excluding hydrogens is 266 g/mol. The van der Waals surface area contributed by atoms with Crippen LogP contribution in [0.3, 0.4) is 0 Å². The number of ether oxygens (including phenoxy) is 1. The van der Waals surface area contributed by atoms with E-state index in [4.69, 9.17) is 4.74 Å². The Morgan fingerprint density at radius 1 is 1.24 bits per heavy atom. The lowest BCUT2D eigenvalue weighted by Gasteiger charge is -2.08. The second-order valence-electron chi connectivity index (χ2n) is 5.15. The van der Waals surface area contributed by atoms with Crippen LogP contribution in [-0.2, 0) is 11.3 Å². The molecule has 108 valence electrons. The van der Waals surface area contributed by atoms with E-state index in [1.165, 1.54) is 0 Å². The highest BCUT2D eigenvalue weighted by Gasteiger charge is 2.28. The lowest BCUT2D eigenvalue weighted by atomic mass is 10.1. The Bertz CT molecular complexity index is 636. The molecule has 3 rings (SSSR count). The first kappa shape index (κ1) is 13.7. The van der Waals surface area contributed by atoms with Crippen LogP contribution in [0.5, 0.6) is 0 Å². The highest BCUT2D eigenvalue weighted by molar-refractivity contribution is 6.04. The summed E-state index contributed by atoms with van der Waals surface area (Å²) in [7, 11) is 1.65. The van der Waals surface area contributed by atoms with E-state index < -0.39 is 0 Å². The largest absolute Gasteiger partial charge is 0.380 e. The number of hydrogen-bond donors (Lipinski definition) is 1. The van der Waals surface area contributed by atoms with Crippen molar-refractivity contribution in [3.05, 3.63) is 53.5 Å². The maximum absolute atomic E-state index is 12.3. The lowest BCUT2D eigenvalue weighted by Crippen LogP contribution is -2.15. The zero-order valence-corrected chi connectivity index (χ0v) is 11.9. The second-order valence-corrected chi connectivity index (χ2v) is 5.15. The molecule has 0 atom stereocenters. The van der Waals surface area contributed by atoms with E-state index in [0.717, 1.165) is 24.1 Å². The van der Waals surface area contributed by atoms with E-state index in [1.54, 1.807) is 31.6 Å². The minimum absolute atomic E-state index is 0.165. The van der Waals surface area contributed by atoms with E-state index >= 15 is 0 Å². The van der Waals surface area contributed by atoms with Crippen LogP contribution in [-0.4, -0.2) is 23.0 Å². The Morgan fingerprint density at radius 2 is 1.95 bits per heavy atom. The van der Waals surface area contributed by atoms with Crippen molar-refractivity contribution in [2.45, 2.75) is 25.4 Å². The number of nitrogens with one attached hydrogen (secondary N) is 1. The molecule has 0 aliphatic heterocycles. The van der Waals surface area contributed by atoms with Crippen molar-refractivity contribution in [1.82, 2.24) is 9.97 Å². The van der Waals surface area contributed by atoms with Gasteiger partial charge in [-0.2, -0.15) is 0 Å². The molecule has 1 aromatic carbocycles. The number of carbonyl (C=O) groups excluding carboxylic acids is 1. The second kappa shape index (κ2) is 6.01. The third-order valence-electron chi connectivity index (χ3n) is 3.45. The Morgan fingerprint density at radius 3 is 2.62 bits per heavy atom. The topological polar surface area (TPSA) is 64.1 Å². The molecule has 1 saturated carbocycles. The molecule has 1 heterocycles. The number of rotatable bonds is 5. The normalized spacial score (nSPS) is 14.0. The molecule has 21 heavy (non-hydrogen) atoms. The van der Waals surface area contributed by atoms with Crippen molar-refractivity contribution in [3.63, 3.8) is 0 Å². The molecule has 0 radical (unpaired) electrons. The van der Waals surface area contributed by atoms with Crippen molar-refractivity contribution in [1.29, 1.82) is 0 Å². The van der Waals surface area contributed by atoms with Crippen LogP contribution in [0.4, 0.5) is 5.82 Å². The highest BCUT2D eigenvalue weighted by atomic mass is 16.5. The first-order chi connectivity index (χ1) is 10.3. The van der Waals surface area contributed by atoms with Gasteiger partial charge < -0.3 is 10.1 Å². The minimum Gasteiger partial charge on any atom is -0.380 e. The predicted molar refractivity (Wildman–Crippen MR) is 79.1 cm³/mol. The van der Waals surface area contributed by atoms with Crippen molar-refractivity contribution < 1.29 is 9.53 Å². The van der Waals surface area contributed by atoms with E-state index in [-0.39, 0.29) is 5.91 Å². The summed E-state index contributed by atoms with van der Waals surface area (Å²) in [6, 6.07) is 7.35. The first-order valence-electron chi connectivity index (χ1n) is 6.98. The average Bonchev–Trinajstić information content (AvgIpc) is 3.33. The number of hydrogen-bond acceptors (Lipinski definition) is 4. The summed E-state index contributed by atoms with van der Waals surface area (Å²) < 4.78 is 5.05. The minimum atomic E-state index is -0.165. The molecule has 0 saturated heterocycles. The summed E-state index contributed by atoms with van der Waals surface area (Å²) in [6.07, 6.45) is 5.51. The lowest BCUT2D eigenvalue weighted by molar-refractivity contribution is 0.102. The van der Waals surface area contributed by atoms with Gasteiger partial charge >= 0.3 is 0 Å². The zero-order chi connectivity index (χ0) is 14.7. The summed E-state index contributed by atoms with van der Waals surface area (Å²) in [5.74, 6) is 0.852. The quantitative estimate of drug-likeness (QED) is 0.916. The number of benzene rings is 1. The molecule has 2 aromatic rings. The Hall–Kier alpha value is -2.27. The van der Waals surface area contributed by atoms with Crippen LogP contribution in [0.1, 0.15) is 40.4 Å². The highest BCUT2D eigenvalue weighted by Crippen LogP contribution is 2.41. The van der Waals surface area contributed by atoms with Gasteiger partial charge in [0.25, 0.3) is 5.91 Å². The Balaban J connectivity index is 1.74. The molecule has 1 aromatic heterocycles. The number of methoxy groups -OCH3 is 1. The standard InChI is InChI=1S/C16H17N3O2/c1-21-10-11-2-4-13(5-3-11)16(20)19-15-14(12-6-7-12)17-8-9-18-15/h2-5,8-9,12H,6-7,10H2,1H3,(H,18,19,20). The number of carbonyl (C=O) groups is 1. The molecule has 1 fully saturated rings. The van der Waals surface area contributed by atoms with Gasteiger partial charge in [-0.3, -0.25) is 9.78 Å². The number of nitrogens with zero attached hydrogens (tertiary/aromatic N) is 2. The smallest absolute Gasteiger partial charge is 0.256 e. The molecule has 5 nitrogen and oxygen atoms in total. The van der Waals surface area contributed by atoms with Crippen LogP contribution in [0.15, 0.2) is 36.7 Å². The van der Waals surface area contributed by atoms with E-state index in [0.29, 0.717) is 23.9 Å². The van der Waals surface area contributed by atoms with Gasteiger partial charge in [-0.05, 0) is 30.5 Å². The maximum Gasteiger partial charge on any atom is 0.256 e. The van der Waals surface area contributed by atoms with Crippen molar-refractivity contribution in [3.8, 4) is 0 Å². The van der Waals surface area contributed by atoms with Gasteiger partial charge in [0.1, 0.15) is 0 Å². The van der Waals surface area contributed by atoms with Gasteiger partial charge in [0, 0.05) is 31.0 Å². The number of anilines is 1. The van der Waals surface area contributed by atoms with Gasteiger partial charge in [0.15, 0.2) is 5.82 Å². The summed E-state index contributed by atoms with van der Waals surface area (Å²) in [6.45, 7) is 0.540. The SMILES string of the molecule is COCc1ccc(C(=O)Nc2nccnc2C2CC2)cc1. The molecule has 0 bridgehead atoms. The fraction of sp³-hybridized carbons (Fsp3) is 0.312. The molecule has 1 amide bonds. The molecule has 1 aliphatic rings. The molecular formula is C16H17N3O2. The Labute approximate surface area is 123 Å². The van der Waals surface area contributed by atoms with E-state index in [1.807, 2.05) is 12.1 Å².